The van der Waals surface area contributed by atoms with Gasteiger partial charge in [0.05, 0.1) is 11.2 Å². The summed E-state index contributed by atoms with van der Waals surface area (Å²) in [5.74, 6) is -1.24. The molecule has 0 radical (unpaired) electrons. The van der Waals surface area contributed by atoms with Crippen LogP contribution in [0.1, 0.15) is 56.9 Å². The van der Waals surface area contributed by atoms with Crippen LogP contribution in [0.3, 0.4) is 0 Å². The van der Waals surface area contributed by atoms with Gasteiger partial charge in [-0.3, -0.25) is 0 Å². The normalized spacial score (nSPS) is 24.8. The lowest BCUT2D eigenvalue weighted by molar-refractivity contribution is -0.0425. The molecular weight excluding hydrogens is 246 g/mol. The zero-order chi connectivity index (χ0) is 13.5. The fourth-order valence-electron chi connectivity index (χ4n) is 4.01. The number of benzene rings is 1. The van der Waals surface area contributed by atoms with Crippen LogP contribution in [0.15, 0.2) is 18.2 Å². The molecule has 3 rings (SSSR count). The maximum absolute atomic E-state index is 13.8. The van der Waals surface area contributed by atoms with Gasteiger partial charge < -0.3 is 5.11 Å². The van der Waals surface area contributed by atoms with Crippen LogP contribution >= 0.6 is 0 Å². The minimum atomic E-state index is -1.32. The standard InChI is InChI=1S/C16H20F2O/c17-12-4-3-5-13(18)14(12)16(19)10-8-15(9-11-16)6-1-2-7-15/h3-5,19H,1-2,6-11H2. The number of hydrogen-bond donors (Lipinski definition) is 1. The quantitative estimate of drug-likeness (QED) is 0.804. The lowest BCUT2D eigenvalue weighted by Crippen LogP contribution is -2.37. The molecule has 2 aliphatic carbocycles. The van der Waals surface area contributed by atoms with Gasteiger partial charge in [0.1, 0.15) is 11.6 Å². The number of hydrogen-bond acceptors (Lipinski definition) is 1. The third-order valence-electron chi connectivity index (χ3n) is 5.23. The van der Waals surface area contributed by atoms with E-state index in [9.17, 15) is 13.9 Å². The molecule has 0 amide bonds. The smallest absolute Gasteiger partial charge is 0.132 e. The van der Waals surface area contributed by atoms with Crippen LogP contribution in [0.4, 0.5) is 8.78 Å². The highest BCUT2D eigenvalue weighted by molar-refractivity contribution is 5.27. The Kier molecular flexibility index (Phi) is 3.12. The van der Waals surface area contributed by atoms with E-state index in [2.05, 4.69) is 0 Å². The van der Waals surface area contributed by atoms with E-state index in [0.717, 1.165) is 12.8 Å². The van der Waals surface area contributed by atoms with Crippen LogP contribution in [0, 0.1) is 17.0 Å². The summed E-state index contributed by atoms with van der Waals surface area (Å²) in [4.78, 5) is 0. The molecule has 0 heterocycles. The lowest BCUT2D eigenvalue weighted by Gasteiger charge is -2.42. The van der Waals surface area contributed by atoms with Crippen molar-refractivity contribution < 1.29 is 13.9 Å². The van der Waals surface area contributed by atoms with Gasteiger partial charge in [-0.25, -0.2) is 8.78 Å². The van der Waals surface area contributed by atoms with Crippen LogP contribution in [-0.2, 0) is 5.60 Å². The zero-order valence-corrected chi connectivity index (χ0v) is 11.1. The summed E-state index contributed by atoms with van der Waals surface area (Å²) in [6.45, 7) is 0. The number of rotatable bonds is 1. The highest BCUT2D eigenvalue weighted by Crippen LogP contribution is 2.53. The Morgan fingerprint density at radius 2 is 1.37 bits per heavy atom. The van der Waals surface area contributed by atoms with Gasteiger partial charge in [-0.15, -0.1) is 0 Å². The van der Waals surface area contributed by atoms with Gasteiger partial charge in [-0.1, -0.05) is 18.9 Å². The maximum atomic E-state index is 13.8. The van der Waals surface area contributed by atoms with Crippen LogP contribution in [0.5, 0.6) is 0 Å². The van der Waals surface area contributed by atoms with Gasteiger partial charge in [0.15, 0.2) is 0 Å². The molecule has 1 aromatic rings. The third kappa shape index (κ3) is 2.18. The first-order valence-electron chi connectivity index (χ1n) is 7.22. The lowest BCUT2D eigenvalue weighted by atomic mass is 9.66. The first kappa shape index (κ1) is 13.0. The Balaban J connectivity index is 1.85. The Labute approximate surface area is 112 Å². The van der Waals surface area contributed by atoms with Crippen LogP contribution in [-0.4, -0.2) is 5.11 Å². The Morgan fingerprint density at radius 1 is 0.842 bits per heavy atom. The first-order valence-corrected chi connectivity index (χ1v) is 7.22. The SMILES string of the molecule is OC1(c2c(F)cccc2F)CCC2(CCCC2)CC1. The zero-order valence-electron chi connectivity index (χ0n) is 11.1. The van der Waals surface area contributed by atoms with Crippen molar-refractivity contribution in [2.24, 2.45) is 5.41 Å². The van der Waals surface area contributed by atoms with Crippen LogP contribution in [0.2, 0.25) is 0 Å². The first-order chi connectivity index (χ1) is 9.05. The molecule has 3 heteroatoms. The van der Waals surface area contributed by atoms with Crippen molar-refractivity contribution in [1.29, 1.82) is 0 Å². The van der Waals surface area contributed by atoms with Gasteiger partial charge in [-0.05, 0) is 56.1 Å². The minimum Gasteiger partial charge on any atom is -0.385 e. The molecule has 1 aromatic carbocycles. The summed E-state index contributed by atoms with van der Waals surface area (Å²) in [7, 11) is 0. The highest BCUT2D eigenvalue weighted by atomic mass is 19.1. The number of halogens is 2. The van der Waals surface area contributed by atoms with Crippen molar-refractivity contribution in [1.82, 2.24) is 0 Å². The Morgan fingerprint density at radius 3 is 1.89 bits per heavy atom. The van der Waals surface area contributed by atoms with Crippen molar-refractivity contribution >= 4 is 0 Å². The molecule has 19 heavy (non-hydrogen) atoms. The second kappa shape index (κ2) is 4.55. The van der Waals surface area contributed by atoms with Gasteiger partial charge in [0.25, 0.3) is 0 Å². The second-order valence-electron chi connectivity index (χ2n) is 6.34. The van der Waals surface area contributed by atoms with E-state index in [0.29, 0.717) is 18.3 Å². The van der Waals surface area contributed by atoms with Gasteiger partial charge in [-0.2, -0.15) is 0 Å². The minimum absolute atomic E-state index is 0.122. The number of aliphatic hydroxyl groups is 1. The maximum Gasteiger partial charge on any atom is 0.132 e. The van der Waals surface area contributed by atoms with E-state index in [4.69, 9.17) is 0 Å². The molecule has 2 saturated carbocycles. The molecule has 2 aliphatic rings. The molecule has 0 saturated heterocycles. The van der Waals surface area contributed by atoms with E-state index in [1.54, 1.807) is 0 Å². The van der Waals surface area contributed by atoms with Crippen molar-refractivity contribution in [3.8, 4) is 0 Å². The monoisotopic (exact) mass is 266 g/mol. The molecule has 1 N–H and O–H groups in total. The van der Waals surface area contributed by atoms with E-state index >= 15 is 0 Å². The fraction of sp³-hybridized carbons (Fsp3) is 0.625. The predicted molar refractivity (Wildman–Crippen MR) is 69.6 cm³/mol. The molecular formula is C16H20F2O. The molecule has 1 nitrogen and oxygen atoms in total. The molecule has 0 aromatic heterocycles. The topological polar surface area (TPSA) is 20.2 Å². The summed E-state index contributed by atoms with van der Waals surface area (Å²) in [6.07, 6.45) is 7.66. The molecule has 0 atom stereocenters. The summed E-state index contributed by atoms with van der Waals surface area (Å²) in [6, 6.07) is 3.81. The van der Waals surface area contributed by atoms with Gasteiger partial charge in [0.2, 0.25) is 0 Å². The largest absolute Gasteiger partial charge is 0.385 e. The summed E-state index contributed by atoms with van der Waals surface area (Å²) < 4.78 is 27.7. The third-order valence-corrected chi connectivity index (χ3v) is 5.23. The summed E-state index contributed by atoms with van der Waals surface area (Å²) in [5, 5.41) is 10.7. The van der Waals surface area contributed by atoms with Crippen LogP contribution in [0.25, 0.3) is 0 Å². The van der Waals surface area contributed by atoms with Crippen molar-refractivity contribution in [3.63, 3.8) is 0 Å². The Bertz CT molecular complexity index is 447. The average Bonchev–Trinajstić information content (AvgIpc) is 2.82. The average molecular weight is 266 g/mol. The van der Waals surface area contributed by atoms with Crippen LogP contribution < -0.4 is 0 Å². The van der Waals surface area contributed by atoms with E-state index in [1.807, 2.05) is 0 Å². The summed E-state index contributed by atoms with van der Waals surface area (Å²) >= 11 is 0. The Hall–Kier alpha value is -0.960. The highest BCUT2D eigenvalue weighted by Gasteiger charge is 2.45. The second-order valence-corrected chi connectivity index (χ2v) is 6.34. The molecule has 104 valence electrons. The molecule has 0 unspecified atom stereocenters. The predicted octanol–water partition coefficient (Wildman–Crippen LogP) is 4.29. The van der Waals surface area contributed by atoms with Crippen molar-refractivity contribution in [2.75, 3.05) is 0 Å². The van der Waals surface area contributed by atoms with Crippen molar-refractivity contribution in [3.05, 3.63) is 35.4 Å². The molecule has 0 aliphatic heterocycles. The van der Waals surface area contributed by atoms with E-state index < -0.39 is 17.2 Å². The van der Waals surface area contributed by atoms with E-state index in [1.165, 1.54) is 43.9 Å². The molecule has 2 fully saturated rings. The molecule has 1 spiro atoms. The van der Waals surface area contributed by atoms with Crippen molar-refractivity contribution in [2.45, 2.75) is 57.0 Å². The van der Waals surface area contributed by atoms with Gasteiger partial charge in [0, 0.05) is 0 Å². The fourth-order valence-corrected chi connectivity index (χ4v) is 4.01. The van der Waals surface area contributed by atoms with E-state index in [-0.39, 0.29) is 5.56 Å². The summed E-state index contributed by atoms with van der Waals surface area (Å²) in [5.41, 5.74) is -1.10. The molecule has 0 bridgehead atoms. The van der Waals surface area contributed by atoms with Gasteiger partial charge >= 0.3 is 0 Å².